The van der Waals surface area contributed by atoms with Crippen molar-refractivity contribution >= 4 is 5.65 Å². The van der Waals surface area contributed by atoms with Crippen LogP contribution in [-0.4, -0.2) is 40.5 Å². The van der Waals surface area contributed by atoms with E-state index in [1.807, 2.05) is 35.7 Å². The van der Waals surface area contributed by atoms with Crippen LogP contribution in [0.5, 0.6) is 0 Å². The highest BCUT2D eigenvalue weighted by Gasteiger charge is 2.26. The Bertz CT molecular complexity index is 618. The van der Waals surface area contributed by atoms with Crippen molar-refractivity contribution < 1.29 is 0 Å². The molecule has 1 unspecified atom stereocenters. The Morgan fingerprint density at radius 1 is 1.37 bits per heavy atom. The van der Waals surface area contributed by atoms with Gasteiger partial charge in [0.2, 0.25) is 0 Å². The van der Waals surface area contributed by atoms with Gasteiger partial charge in [-0.3, -0.25) is 4.90 Å². The highest BCUT2D eigenvalue weighted by molar-refractivity contribution is 5.44. The summed E-state index contributed by atoms with van der Waals surface area (Å²) in [5, 5.41) is 12.9. The monoisotopic (exact) mass is 255 g/mol. The van der Waals surface area contributed by atoms with Crippen molar-refractivity contribution in [2.24, 2.45) is 0 Å². The van der Waals surface area contributed by atoms with Crippen LogP contribution < -0.4 is 5.32 Å². The highest BCUT2D eigenvalue weighted by Crippen LogP contribution is 2.24. The summed E-state index contributed by atoms with van der Waals surface area (Å²) in [4.78, 5) is 6.77. The molecule has 0 aliphatic carbocycles. The van der Waals surface area contributed by atoms with Crippen molar-refractivity contribution in [3.05, 3.63) is 35.8 Å². The molecule has 1 aliphatic rings. The summed E-state index contributed by atoms with van der Waals surface area (Å²) < 4.78 is 2.03. The largest absolute Gasteiger partial charge is 0.314 e. The maximum absolute atomic E-state index is 9.58. The van der Waals surface area contributed by atoms with Gasteiger partial charge in [-0.05, 0) is 19.1 Å². The van der Waals surface area contributed by atoms with Crippen LogP contribution >= 0.6 is 0 Å². The van der Waals surface area contributed by atoms with Crippen LogP contribution in [0.3, 0.4) is 0 Å². The molecule has 0 bridgehead atoms. The van der Waals surface area contributed by atoms with Crippen molar-refractivity contribution in [3.63, 3.8) is 0 Å². The van der Waals surface area contributed by atoms with Crippen LogP contribution in [0, 0.1) is 18.3 Å². The van der Waals surface area contributed by atoms with E-state index in [4.69, 9.17) is 0 Å². The Hall–Kier alpha value is -1.90. The summed E-state index contributed by atoms with van der Waals surface area (Å²) in [5.41, 5.74) is 2.85. The maximum Gasteiger partial charge on any atom is 0.141 e. The third-order valence-electron chi connectivity index (χ3n) is 3.65. The van der Waals surface area contributed by atoms with Gasteiger partial charge in [0.1, 0.15) is 11.7 Å². The quantitative estimate of drug-likeness (QED) is 0.873. The molecule has 1 N–H and O–H groups in total. The topological polar surface area (TPSA) is 56.4 Å². The van der Waals surface area contributed by atoms with E-state index in [-0.39, 0.29) is 6.04 Å². The fourth-order valence-electron chi connectivity index (χ4n) is 2.72. The molecule has 0 spiro atoms. The van der Waals surface area contributed by atoms with Gasteiger partial charge in [-0.15, -0.1) is 0 Å². The van der Waals surface area contributed by atoms with Crippen molar-refractivity contribution in [2.75, 3.05) is 26.2 Å². The summed E-state index contributed by atoms with van der Waals surface area (Å²) in [7, 11) is 0. The summed E-state index contributed by atoms with van der Waals surface area (Å²) in [5.74, 6) is 0. The third kappa shape index (κ3) is 2.09. The SMILES string of the molecule is Cc1nc2ccccn2c1C(C#N)N1CCNCC1. The zero-order valence-electron chi connectivity index (χ0n) is 11.0. The average Bonchev–Trinajstić information content (AvgIpc) is 2.78. The minimum absolute atomic E-state index is 0.223. The molecule has 1 fully saturated rings. The number of nitriles is 1. The normalized spacial score (nSPS) is 18.3. The first-order valence-electron chi connectivity index (χ1n) is 6.59. The van der Waals surface area contributed by atoms with Crippen LogP contribution in [0.15, 0.2) is 24.4 Å². The summed E-state index contributed by atoms with van der Waals surface area (Å²) in [6.07, 6.45) is 1.98. The van der Waals surface area contributed by atoms with Gasteiger partial charge >= 0.3 is 0 Å². The number of aromatic nitrogens is 2. The van der Waals surface area contributed by atoms with E-state index >= 15 is 0 Å². The van der Waals surface area contributed by atoms with E-state index in [0.717, 1.165) is 43.2 Å². The van der Waals surface area contributed by atoms with Gasteiger partial charge in [-0.1, -0.05) is 6.07 Å². The molecule has 2 aromatic heterocycles. The lowest BCUT2D eigenvalue weighted by Gasteiger charge is -2.31. The third-order valence-corrected chi connectivity index (χ3v) is 3.65. The Balaban J connectivity index is 2.06. The predicted octanol–water partition coefficient (Wildman–Crippen LogP) is 1.11. The average molecular weight is 255 g/mol. The molecule has 3 rings (SSSR count). The molecule has 1 atom stereocenters. The zero-order chi connectivity index (χ0) is 13.2. The first-order valence-corrected chi connectivity index (χ1v) is 6.59. The lowest BCUT2D eigenvalue weighted by atomic mass is 10.1. The molecule has 0 aromatic carbocycles. The Kier molecular flexibility index (Phi) is 3.20. The molecule has 3 heterocycles. The summed E-state index contributed by atoms with van der Waals surface area (Å²) in [6.45, 7) is 5.66. The summed E-state index contributed by atoms with van der Waals surface area (Å²) in [6, 6.07) is 8.14. The number of hydrogen-bond donors (Lipinski definition) is 1. The van der Waals surface area contributed by atoms with Gasteiger partial charge < -0.3 is 9.72 Å². The number of nitrogens with zero attached hydrogens (tertiary/aromatic N) is 4. The van der Waals surface area contributed by atoms with Gasteiger partial charge in [0.25, 0.3) is 0 Å². The van der Waals surface area contributed by atoms with E-state index in [2.05, 4.69) is 21.3 Å². The molecule has 0 radical (unpaired) electrons. The number of pyridine rings is 1. The van der Waals surface area contributed by atoms with Gasteiger partial charge in [0, 0.05) is 32.4 Å². The summed E-state index contributed by atoms with van der Waals surface area (Å²) >= 11 is 0. The molecule has 98 valence electrons. The van der Waals surface area contributed by atoms with Crippen molar-refractivity contribution in [1.82, 2.24) is 19.6 Å². The minimum Gasteiger partial charge on any atom is -0.314 e. The minimum atomic E-state index is -0.223. The van der Waals surface area contributed by atoms with Crippen molar-refractivity contribution in [3.8, 4) is 6.07 Å². The van der Waals surface area contributed by atoms with E-state index in [9.17, 15) is 5.26 Å². The Morgan fingerprint density at radius 2 is 2.16 bits per heavy atom. The van der Waals surface area contributed by atoms with Gasteiger partial charge in [-0.2, -0.15) is 5.26 Å². The number of imidazole rings is 1. The smallest absolute Gasteiger partial charge is 0.141 e. The molecule has 0 amide bonds. The number of nitrogens with one attached hydrogen (secondary N) is 1. The highest BCUT2D eigenvalue weighted by atomic mass is 15.2. The van der Waals surface area contributed by atoms with Crippen LogP contribution in [0.4, 0.5) is 0 Å². The standard InChI is InChI=1S/C14H17N5/c1-11-14(19-7-3-2-4-13(19)17-11)12(10-15)18-8-5-16-6-9-18/h2-4,7,12,16H,5-6,8-9H2,1H3. The molecule has 5 heteroatoms. The first-order chi connectivity index (χ1) is 9.31. The lowest BCUT2D eigenvalue weighted by Crippen LogP contribution is -2.45. The molecule has 19 heavy (non-hydrogen) atoms. The molecule has 1 saturated heterocycles. The molecule has 1 aliphatic heterocycles. The van der Waals surface area contributed by atoms with E-state index in [0.29, 0.717) is 0 Å². The number of aryl methyl sites for hydroxylation is 1. The fourth-order valence-corrected chi connectivity index (χ4v) is 2.72. The van der Waals surface area contributed by atoms with Crippen LogP contribution in [-0.2, 0) is 0 Å². The van der Waals surface area contributed by atoms with E-state index in [1.165, 1.54) is 0 Å². The molecular formula is C14H17N5. The second-order valence-corrected chi connectivity index (χ2v) is 4.83. The Labute approximate surface area is 112 Å². The van der Waals surface area contributed by atoms with Crippen molar-refractivity contribution in [1.29, 1.82) is 5.26 Å². The van der Waals surface area contributed by atoms with Gasteiger partial charge in [0.05, 0.1) is 17.5 Å². The van der Waals surface area contributed by atoms with Crippen LogP contribution in [0.25, 0.3) is 5.65 Å². The van der Waals surface area contributed by atoms with Gasteiger partial charge in [0.15, 0.2) is 0 Å². The van der Waals surface area contributed by atoms with Crippen LogP contribution in [0.2, 0.25) is 0 Å². The lowest BCUT2D eigenvalue weighted by molar-refractivity contribution is 0.203. The van der Waals surface area contributed by atoms with E-state index in [1.54, 1.807) is 0 Å². The first kappa shape index (κ1) is 12.2. The van der Waals surface area contributed by atoms with E-state index < -0.39 is 0 Å². The second kappa shape index (κ2) is 5.00. The second-order valence-electron chi connectivity index (χ2n) is 4.83. The number of rotatable bonds is 2. The maximum atomic E-state index is 9.58. The van der Waals surface area contributed by atoms with Crippen molar-refractivity contribution in [2.45, 2.75) is 13.0 Å². The number of hydrogen-bond acceptors (Lipinski definition) is 4. The molecular weight excluding hydrogens is 238 g/mol. The van der Waals surface area contributed by atoms with Gasteiger partial charge in [-0.25, -0.2) is 4.98 Å². The number of piperazine rings is 1. The molecule has 5 nitrogen and oxygen atoms in total. The Morgan fingerprint density at radius 3 is 2.89 bits per heavy atom. The predicted molar refractivity (Wildman–Crippen MR) is 72.7 cm³/mol. The zero-order valence-corrected chi connectivity index (χ0v) is 11.0. The molecule has 0 saturated carbocycles. The van der Waals surface area contributed by atoms with Crippen LogP contribution in [0.1, 0.15) is 17.4 Å². The molecule has 2 aromatic rings. The number of fused-ring (bicyclic) bond motifs is 1. The fraction of sp³-hybridized carbons (Fsp3) is 0.429.